The lowest BCUT2D eigenvalue weighted by Gasteiger charge is -2.26. The molecule has 1 aliphatic rings. The van der Waals surface area contributed by atoms with Crippen LogP contribution < -0.4 is 9.80 Å². The van der Waals surface area contributed by atoms with E-state index < -0.39 is 0 Å². The number of hydrogen-bond acceptors (Lipinski definition) is 3. The fraction of sp³-hybridized carbons (Fsp3) is 0.200. The molecule has 0 amide bonds. The zero-order valence-corrected chi connectivity index (χ0v) is 20.1. The van der Waals surface area contributed by atoms with Crippen molar-refractivity contribution in [3.05, 3.63) is 120 Å². The predicted octanol–water partition coefficient (Wildman–Crippen LogP) is 8.53. The molecule has 2 atom stereocenters. The second-order valence-electron chi connectivity index (χ2n) is 8.77. The first-order valence-corrected chi connectivity index (χ1v) is 12.6. The molecule has 1 heterocycles. The maximum absolute atomic E-state index is 2.33. The zero-order chi connectivity index (χ0) is 22.6. The summed E-state index contributed by atoms with van der Waals surface area (Å²) < 4.78 is 0. The first-order valence-electron chi connectivity index (χ1n) is 11.6. The molecule has 1 saturated heterocycles. The molecule has 4 aromatic carbocycles. The van der Waals surface area contributed by atoms with E-state index >= 15 is 0 Å². The average molecular weight is 451 g/mol. The van der Waals surface area contributed by atoms with Crippen LogP contribution in [0.5, 0.6) is 0 Å². The van der Waals surface area contributed by atoms with E-state index in [0.717, 1.165) is 0 Å². The SMILES string of the molecule is CN(C)c1ccc(N(c2ccccc2)c2ccc(C3CCC(c4ccccc4)S3)cc2)cc1. The largest absolute Gasteiger partial charge is 0.378 e. The van der Waals surface area contributed by atoms with Gasteiger partial charge in [0.25, 0.3) is 0 Å². The van der Waals surface area contributed by atoms with E-state index in [-0.39, 0.29) is 0 Å². The van der Waals surface area contributed by atoms with Gasteiger partial charge < -0.3 is 9.80 Å². The standard InChI is InChI=1S/C30H30N2S/c1-31(2)25-17-19-28(20-18-25)32(26-11-7-4-8-12-26)27-15-13-24(14-16-27)30-22-21-29(33-30)23-9-5-3-6-10-23/h3-20,29-30H,21-22H2,1-2H3. The van der Waals surface area contributed by atoms with Crippen molar-refractivity contribution in [2.45, 2.75) is 23.3 Å². The lowest BCUT2D eigenvalue weighted by Crippen LogP contribution is -2.11. The van der Waals surface area contributed by atoms with E-state index in [0.29, 0.717) is 10.5 Å². The molecule has 1 aliphatic heterocycles. The minimum atomic E-state index is 0.564. The molecule has 0 N–H and O–H groups in total. The Bertz CT molecular complexity index is 1160. The van der Waals surface area contributed by atoms with Gasteiger partial charge in [0.15, 0.2) is 0 Å². The van der Waals surface area contributed by atoms with Crippen molar-refractivity contribution in [1.82, 2.24) is 0 Å². The molecule has 1 fully saturated rings. The highest BCUT2D eigenvalue weighted by Crippen LogP contribution is 2.52. The van der Waals surface area contributed by atoms with Gasteiger partial charge >= 0.3 is 0 Å². The lowest BCUT2D eigenvalue weighted by molar-refractivity contribution is 0.765. The van der Waals surface area contributed by atoms with Crippen molar-refractivity contribution in [1.29, 1.82) is 0 Å². The maximum atomic E-state index is 2.33. The number of para-hydroxylation sites is 1. The number of nitrogens with zero attached hydrogens (tertiary/aromatic N) is 2. The van der Waals surface area contributed by atoms with Crippen molar-refractivity contribution >= 4 is 34.5 Å². The van der Waals surface area contributed by atoms with Crippen LogP contribution in [-0.2, 0) is 0 Å². The van der Waals surface area contributed by atoms with E-state index in [2.05, 4.69) is 145 Å². The van der Waals surface area contributed by atoms with Crippen LogP contribution in [0.3, 0.4) is 0 Å². The van der Waals surface area contributed by atoms with Crippen molar-refractivity contribution in [3.8, 4) is 0 Å². The van der Waals surface area contributed by atoms with Gasteiger partial charge in [-0.1, -0.05) is 60.7 Å². The molecule has 5 rings (SSSR count). The quantitative estimate of drug-likeness (QED) is 0.291. The van der Waals surface area contributed by atoms with Gasteiger partial charge in [0.1, 0.15) is 0 Å². The van der Waals surface area contributed by atoms with Crippen LogP contribution >= 0.6 is 11.8 Å². The number of anilines is 4. The summed E-state index contributed by atoms with van der Waals surface area (Å²) in [5, 5.41) is 1.17. The third-order valence-electron chi connectivity index (χ3n) is 6.35. The van der Waals surface area contributed by atoms with Gasteiger partial charge in [0, 0.05) is 47.3 Å². The molecular formula is C30H30N2S. The summed E-state index contributed by atoms with van der Waals surface area (Å²) in [6.45, 7) is 0. The van der Waals surface area contributed by atoms with Crippen molar-refractivity contribution in [2.75, 3.05) is 23.9 Å². The van der Waals surface area contributed by atoms with Gasteiger partial charge in [-0.25, -0.2) is 0 Å². The van der Waals surface area contributed by atoms with E-state index in [9.17, 15) is 0 Å². The minimum absolute atomic E-state index is 0.564. The Morgan fingerprint density at radius 2 is 0.939 bits per heavy atom. The first kappa shape index (κ1) is 21.7. The molecule has 0 radical (unpaired) electrons. The Kier molecular flexibility index (Phi) is 6.41. The summed E-state index contributed by atoms with van der Waals surface area (Å²) in [6.07, 6.45) is 2.48. The normalized spacial score (nSPS) is 17.6. The van der Waals surface area contributed by atoms with E-state index in [1.165, 1.54) is 46.7 Å². The highest BCUT2D eigenvalue weighted by atomic mass is 32.2. The second-order valence-corrected chi connectivity index (χ2v) is 10.2. The van der Waals surface area contributed by atoms with E-state index in [1.54, 1.807) is 0 Å². The third-order valence-corrected chi connectivity index (χ3v) is 8.03. The van der Waals surface area contributed by atoms with Crippen LogP contribution in [0, 0.1) is 0 Å². The van der Waals surface area contributed by atoms with Gasteiger partial charge in [-0.2, -0.15) is 0 Å². The van der Waals surface area contributed by atoms with Crippen molar-refractivity contribution in [3.63, 3.8) is 0 Å². The summed E-state index contributed by atoms with van der Waals surface area (Å²) >= 11 is 2.11. The fourth-order valence-electron chi connectivity index (χ4n) is 4.56. The predicted molar refractivity (Wildman–Crippen MR) is 144 cm³/mol. The Balaban J connectivity index is 1.40. The Labute approximate surface area is 201 Å². The van der Waals surface area contributed by atoms with Crippen LogP contribution in [0.4, 0.5) is 22.7 Å². The van der Waals surface area contributed by atoms with Crippen molar-refractivity contribution in [2.24, 2.45) is 0 Å². The monoisotopic (exact) mass is 450 g/mol. The molecule has 0 aromatic heterocycles. The second kappa shape index (κ2) is 9.76. The molecule has 0 saturated carbocycles. The van der Waals surface area contributed by atoms with Crippen LogP contribution in [0.15, 0.2) is 109 Å². The molecule has 4 aromatic rings. The summed E-state index contributed by atoms with van der Waals surface area (Å²) in [5.74, 6) is 0. The Hall–Kier alpha value is -3.17. The van der Waals surface area contributed by atoms with Crippen LogP contribution in [0.2, 0.25) is 0 Å². The van der Waals surface area contributed by atoms with E-state index in [4.69, 9.17) is 0 Å². The summed E-state index contributed by atoms with van der Waals surface area (Å²) in [5.41, 5.74) is 7.61. The molecule has 3 heteroatoms. The topological polar surface area (TPSA) is 6.48 Å². The molecule has 0 aliphatic carbocycles. The summed E-state index contributed by atoms with van der Waals surface area (Å²) in [7, 11) is 4.15. The fourth-order valence-corrected chi connectivity index (χ4v) is 6.13. The molecule has 0 spiro atoms. The smallest absolute Gasteiger partial charge is 0.0463 e. The number of benzene rings is 4. The van der Waals surface area contributed by atoms with Gasteiger partial charge in [0.2, 0.25) is 0 Å². The lowest BCUT2D eigenvalue weighted by atomic mass is 10.0. The minimum Gasteiger partial charge on any atom is -0.378 e. The van der Waals surface area contributed by atoms with Gasteiger partial charge in [0.05, 0.1) is 0 Å². The zero-order valence-electron chi connectivity index (χ0n) is 19.3. The van der Waals surface area contributed by atoms with Crippen LogP contribution in [0.1, 0.15) is 34.5 Å². The summed E-state index contributed by atoms with van der Waals surface area (Å²) in [6, 6.07) is 39.5. The molecule has 2 unspecified atom stereocenters. The Morgan fingerprint density at radius 3 is 1.48 bits per heavy atom. The number of thioether (sulfide) groups is 1. The molecule has 2 nitrogen and oxygen atoms in total. The Morgan fingerprint density at radius 1 is 0.515 bits per heavy atom. The van der Waals surface area contributed by atoms with E-state index in [1.807, 2.05) is 0 Å². The highest BCUT2D eigenvalue weighted by Gasteiger charge is 2.27. The van der Waals surface area contributed by atoms with Crippen molar-refractivity contribution < 1.29 is 0 Å². The van der Waals surface area contributed by atoms with Gasteiger partial charge in [-0.3, -0.25) is 0 Å². The number of rotatable bonds is 6. The van der Waals surface area contributed by atoms with Crippen LogP contribution in [0.25, 0.3) is 0 Å². The third kappa shape index (κ3) is 4.79. The number of hydrogen-bond donors (Lipinski definition) is 0. The first-order chi connectivity index (χ1) is 16.2. The maximum Gasteiger partial charge on any atom is 0.0463 e. The molecular weight excluding hydrogens is 420 g/mol. The average Bonchev–Trinajstić information content (AvgIpc) is 3.37. The van der Waals surface area contributed by atoms with Gasteiger partial charge in [-0.15, -0.1) is 11.8 Å². The molecule has 33 heavy (non-hydrogen) atoms. The highest BCUT2D eigenvalue weighted by molar-refractivity contribution is 8.00. The molecule has 0 bridgehead atoms. The van der Waals surface area contributed by atoms with Crippen LogP contribution in [-0.4, -0.2) is 14.1 Å². The summed E-state index contributed by atoms with van der Waals surface area (Å²) in [4.78, 5) is 4.46. The van der Waals surface area contributed by atoms with Gasteiger partial charge in [-0.05, 0) is 72.5 Å². The molecule has 166 valence electrons.